The van der Waals surface area contributed by atoms with Crippen molar-refractivity contribution < 1.29 is 4.79 Å². The minimum Gasteiger partial charge on any atom is -0.268 e. The summed E-state index contributed by atoms with van der Waals surface area (Å²) < 4.78 is 0.597. The number of thiophene rings is 1. The lowest BCUT2D eigenvalue weighted by Gasteiger charge is -2.19. The van der Waals surface area contributed by atoms with Crippen LogP contribution in [0.3, 0.4) is 0 Å². The molecule has 0 saturated carbocycles. The first-order chi connectivity index (χ1) is 10.1. The molecule has 1 fully saturated rings. The number of amides is 1. The maximum absolute atomic E-state index is 12.7. The molecule has 3 rings (SSSR count). The van der Waals surface area contributed by atoms with Crippen molar-refractivity contribution >= 4 is 57.3 Å². The highest BCUT2D eigenvalue weighted by Crippen LogP contribution is 2.38. The maximum Gasteiger partial charge on any atom is 0.270 e. The predicted octanol–water partition coefficient (Wildman–Crippen LogP) is 4.77. The van der Waals surface area contributed by atoms with Crippen LogP contribution in [0.25, 0.3) is 6.08 Å². The average molecular weight is 331 g/mol. The van der Waals surface area contributed by atoms with Gasteiger partial charge in [0.25, 0.3) is 5.91 Å². The van der Waals surface area contributed by atoms with Crippen molar-refractivity contribution in [3.05, 3.63) is 56.6 Å². The van der Waals surface area contributed by atoms with E-state index in [1.807, 2.05) is 55.6 Å². The third-order valence-corrected chi connectivity index (χ3v) is 5.39. The minimum atomic E-state index is -0.0317. The average Bonchev–Trinajstić information content (AvgIpc) is 3.02. The van der Waals surface area contributed by atoms with E-state index in [-0.39, 0.29) is 5.91 Å². The molecule has 1 saturated heterocycles. The van der Waals surface area contributed by atoms with Gasteiger partial charge in [0.15, 0.2) is 4.32 Å². The smallest absolute Gasteiger partial charge is 0.268 e. The molecule has 0 N–H and O–H groups in total. The molecule has 2 heterocycles. The Kier molecular flexibility index (Phi) is 3.97. The molecular weight excluding hydrogens is 318 g/mol. The van der Waals surface area contributed by atoms with Gasteiger partial charge in [0.05, 0.1) is 10.6 Å². The normalized spacial score (nSPS) is 17.0. The molecule has 2 aromatic rings. The largest absolute Gasteiger partial charge is 0.270 e. The van der Waals surface area contributed by atoms with Gasteiger partial charge >= 0.3 is 0 Å². The Morgan fingerprint density at radius 2 is 1.86 bits per heavy atom. The standard InChI is InChI=1S/C16H13NOS3/c1-10-5-3-6-11(2)14(10)17-15(18)13(21-16(17)19)9-12-7-4-8-20-12/h3-9H,1-2H3/b13-9+. The lowest BCUT2D eigenvalue weighted by Crippen LogP contribution is -2.29. The first kappa shape index (κ1) is 14.5. The van der Waals surface area contributed by atoms with Gasteiger partial charge in [-0.25, -0.2) is 0 Å². The quantitative estimate of drug-likeness (QED) is 0.584. The number of hydrogen-bond acceptors (Lipinski definition) is 4. The van der Waals surface area contributed by atoms with Crippen molar-refractivity contribution in [1.29, 1.82) is 0 Å². The van der Waals surface area contributed by atoms with E-state index in [0.29, 0.717) is 9.23 Å². The second kappa shape index (κ2) is 5.75. The highest BCUT2D eigenvalue weighted by atomic mass is 32.2. The molecule has 1 aromatic heterocycles. The summed E-state index contributed by atoms with van der Waals surface area (Å²) in [5.74, 6) is -0.0317. The first-order valence-electron chi connectivity index (χ1n) is 6.45. The van der Waals surface area contributed by atoms with Crippen molar-refractivity contribution in [2.24, 2.45) is 0 Å². The number of rotatable bonds is 2. The van der Waals surface area contributed by atoms with Crippen molar-refractivity contribution in [2.75, 3.05) is 4.90 Å². The summed E-state index contributed by atoms with van der Waals surface area (Å²) >= 11 is 8.40. The summed E-state index contributed by atoms with van der Waals surface area (Å²) in [5.41, 5.74) is 3.03. The van der Waals surface area contributed by atoms with E-state index in [2.05, 4.69) is 0 Å². The summed E-state index contributed by atoms with van der Waals surface area (Å²) in [6.45, 7) is 4.01. The molecule has 2 nitrogen and oxygen atoms in total. The zero-order valence-electron chi connectivity index (χ0n) is 11.6. The van der Waals surface area contributed by atoms with Gasteiger partial charge in [-0.3, -0.25) is 9.69 Å². The van der Waals surface area contributed by atoms with E-state index in [4.69, 9.17) is 12.2 Å². The zero-order valence-corrected chi connectivity index (χ0v) is 14.1. The molecule has 21 heavy (non-hydrogen) atoms. The minimum absolute atomic E-state index is 0.0317. The maximum atomic E-state index is 12.7. The number of aryl methyl sites for hydroxylation is 2. The second-order valence-electron chi connectivity index (χ2n) is 4.77. The van der Waals surface area contributed by atoms with Gasteiger partial charge in [0.1, 0.15) is 0 Å². The van der Waals surface area contributed by atoms with Crippen LogP contribution >= 0.6 is 35.3 Å². The van der Waals surface area contributed by atoms with Crippen molar-refractivity contribution in [1.82, 2.24) is 0 Å². The number of nitrogens with zero attached hydrogens (tertiary/aromatic N) is 1. The lowest BCUT2D eigenvalue weighted by molar-refractivity contribution is -0.113. The van der Waals surface area contributed by atoms with Crippen LogP contribution in [0.2, 0.25) is 0 Å². The SMILES string of the molecule is Cc1cccc(C)c1N1C(=O)/C(=C\c2cccs2)SC1=S. The Labute approximate surface area is 137 Å². The van der Waals surface area contributed by atoms with Crippen molar-refractivity contribution in [3.8, 4) is 0 Å². The molecule has 106 valence electrons. The van der Waals surface area contributed by atoms with Crippen LogP contribution in [0.4, 0.5) is 5.69 Å². The summed E-state index contributed by atoms with van der Waals surface area (Å²) in [6.07, 6.45) is 1.91. The number of thioether (sulfide) groups is 1. The molecular formula is C16H13NOS3. The highest BCUT2D eigenvalue weighted by Gasteiger charge is 2.34. The van der Waals surface area contributed by atoms with E-state index in [9.17, 15) is 4.79 Å². The Bertz CT molecular complexity index is 727. The highest BCUT2D eigenvalue weighted by molar-refractivity contribution is 8.27. The van der Waals surface area contributed by atoms with Crippen LogP contribution in [0, 0.1) is 13.8 Å². The molecule has 1 aromatic carbocycles. The lowest BCUT2D eigenvalue weighted by atomic mass is 10.1. The van der Waals surface area contributed by atoms with Crippen LogP contribution in [0.15, 0.2) is 40.6 Å². The molecule has 0 atom stereocenters. The third kappa shape index (κ3) is 2.69. The van der Waals surface area contributed by atoms with E-state index in [1.165, 1.54) is 11.8 Å². The Balaban J connectivity index is 2.02. The fourth-order valence-electron chi connectivity index (χ4n) is 2.32. The number of anilines is 1. The van der Waals surface area contributed by atoms with Crippen molar-refractivity contribution in [2.45, 2.75) is 13.8 Å². The molecule has 0 spiro atoms. The van der Waals surface area contributed by atoms with E-state index < -0.39 is 0 Å². The van der Waals surface area contributed by atoms with Gasteiger partial charge in [0.2, 0.25) is 0 Å². The van der Waals surface area contributed by atoms with E-state index in [0.717, 1.165) is 21.7 Å². The Morgan fingerprint density at radius 1 is 1.14 bits per heavy atom. The first-order valence-corrected chi connectivity index (χ1v) is 8.56. The number of benzene rings is 1. The topological polar surface area (TPSA) is 20.3 Å². The van der Waals surface area contributed by atoms with Gasteiger partial charge in [-0.1, -0.05) is 48.2 Å². The van der Waals surface area contributed by atoms with E-state index in [1.54, 1.807) is 16.2 Å². The van der Waals surface area contributed by atoms with Gasteiger partial charge in [-0.05, 0) is 42.5 Å². The monoisotopic (exact) mass is 331 g/mol. The van der Waals surface area contributed by atoms with Gasteiger partial charge in [-0.15, -0.1) is 11.3 Å². The Morgan fingerprint density at radius 3 is 2.48 bits per heavy atom. The number of carbonyl (C=O) groups is 1. The molecule has 0 bridgehead atoms. The number of hydrogen-bond donors (Lipinski definition) is 0. The molecule has 1 amide bonds. The number of thiocarbonyl (C=S) groups is 1. The van der Waals surface area contributed by atoms with Crippen LogP contribution in [-0.2, 0) is 4.79 Å². The molecule has 5 heteroatoms. The Hall–Kier alpha value is -1.43. The summed E-state index contributed by atoms with van der Waals surface area (Å²) in [6, 6.07) is 9.97. The van der Waals surface area contributed by atoms with Gasteiger partial charge < -0.3 is 0 Å². The summed E-state index contributed by atoms with van der Waals surface area (Å²) in [4.78, 5) is 16.1. The third-order valence-electron chi connectivity index (χ3n) is 3.27. The molecule has 0 radical (unpaired) electrons. The summed E-state index contributed by atoms with van der Waals surface area (Å²) in [5, 5.41) is 2.00. The van der Waals surface area contributed by atoms with Crippen molar-refractivity contribution in [3.63, 3.8) is 0 Å². The van der Waals surface area contributed by atoms with Crippen LogP contribution < -0.4 is 4.90 Å². The summed E-state index contributed by atoms with van der Waals surface area (Å²) in [7, 11) is 0. The predicted molar refractivity (Wildman–Crippen MR) is 95.9 cm³/mol. The van der Waals surface area contributed by atoms with Crippen LogP contribution in [-0.4, -0.2) is 10.2 Å². The second-order valence-corrected chi connectivity index (χ2v) is 7.43. The molecule has 1 aliphatic rings. The number of para-hydroxylation sites is 1. The van der Waals surface area contributed by atoms with E-state index >= 15 is 0 Å². The van der Waals surface area contributed by atoms with Crippen LogP contribution in [0.1, 0.15) is 16.0 Å². The fourth-order valence-corrected chi connectivity index (χ4v) is 4.31. The molecule has 1 aliphatic heterocycles. The van der Waals surface area contributed by atoms with Gasteiger partial charge in [0, 0.05) is 4.88 Å². The van der Waals surface area contributed by atoms with Gasteiger partial charge in [-0.2, -0.15) is 0 Å². The molecule has 0 unspecified atom stereocenters. The number of carbonyl (C=O) groups excluding carboxylic acids is 1. The molecule has 0 aliphatic carbocycles. The van der Waals surface area contributed by atoms with Crippen LogP contribution in [0.5, 0.6) is 0 Å². The zero-order chi connectivity index (χ0) is 15.0. The fraction of sp³-hybridized carbons (Fsp3) is 0.125.